The van der Waals surface area contributed by atoms with Crippen molar-refractivity contribution in [3.8, 4) is 0 Å². The van der Waals surface area contributed by atoms with Gasteiger partial charge in [0.1, 0.15) is 6.61 Å². The number of hydrogen-bond acceptors (Lipinski definition) is 4. The molecule has 138 valence electrons. The summed E-state index contributed by atoms with van der Waals surface area (Å²) in [5, 5.41) is 2.86. The predicted molar refractivity (Wildman–Crippen MR) is 105 cm³/mol. The summed E-state index contributed by atoms with van der Waals surface area (Å²) < 4.78 is 7.25. The number of thioether (sulfide) groups is 1. The first kappa shape index (κ1) is 19.8. The largest absolute Gasteiger partial charge is 0.445 e. The molecular formula is C18H28N2O3SSi. The second kappa shape index (κ2) is 7.03. The number of alkyl carbamates (subject to hydrolysis) is 1. The van der Waals surface area contributed by atoms with Gasteiger partial charge in [0, 0.05) is 0 Å². The zero-order chi connectivity index (χ0) is 18.9. The summed E-state index contributed by atoms with van der Waals surface area (Å²) in [6, 6.07) is 9.49. The third-order valence-corrected chi connectivity index (χ3v) is 11.8. The molecule has 0 bridgehead atoms. The van der Waals surface area contributed by atoms with Crippen LogP contribution in [-0.2, 0) is 16.1 Å². The van der Waals surface area contributed by atoms with E-state index in [1.807, 2.05) is 41.2 Å². The van der Waals surface area contributed by atoms with Crippen LogP contribution in [0, 0.1) is 0 Å². The van der Waals surface area contributed by atoms with Crippen LogP contribution in [0.2, 0.25) is 18.1 Å². The van der Waals surface area contributed by atoms with Crippen LogP contribution >= 0.6 is 11.8 Å². The zero-order valence-electron chi connectivity index (χ0n) is 15.9. The molecule has 1 aliphatic heterocycles. The smallest absolute Gasteiger partial charge is 0.409 e. The summed E-state index contributed by atoms with van der Waals surface area (Å²) >= 11 is 1.37. The Morgan fingerprint density at radius 3 is 2.40 bits per heavy atom. The first-order chi connectivity index (χ1) is 11.5. The summed E-state index contributed by atoms with van der Waals surface area (Å²) in [7, 11) is -1.93. The highest BCUT2D eigenvalue weighted by atomic mass is 32.2. The third kappa shape index (κ3) is 3.87. The Balaban J connectivity index is 1.98. The number of benzene rings is 1. The Hall–Kier alpha value is -1.47. The first-order valence-electron chi connectivity index (χ1n) is 8.39. The van der Waals surface area contributed by atoms with Crippen LogP contribution in [0.4, 0.5) is 4.79 Å². The Kier molecular flexibility index (Phi) is 5.58. The molecule has 25 heavy (non-hydrogen) atoms. The molecule has 5 nitrogen and oxygen atoms in total. The van der Waals surface area contributed by atoms with Gasteiger partial charge < -0.3 is 9.30 Å². The Morgan fingerprint density at radius 1 is 1.32 bits per heavy atom. The number of ether oxygens (including phenoxy) is 1. The van der Waals surface area contributed by atoms with Gasteiger partial charge in [-0.1, -0.05) is 64.2 Å². The molecule has 1 aromatic rings. The van der Waals surface area contributed by atoms with Gasteiger partial charge in [0.25, 0.3) is 5.91 Å². The number of rotatable bonds is 5. The van der Waals surface area contributed by atoms with E-state index in [1.54, 1.807) is 0 Å². The summed E-state index contributed by atoms with van der Waals surface area (Å²) in [5.74, 6) is -0.0109. The van der Waals surface area contributed by atoms with Crippen molar-refractivity contribution < 1.29 is 14.3 Å². The summed E-state index contributed by atoms with van der Waals surface area (Å²) in [6.07, 6.45) is 1.29. The molecule has 0 radical (unpaired) electrons. The van der Waals surface area contributed by atoms with E-state index in [2.05, 4.69) is 39.2 Å². The van der Waals surface area contributed by atoms with E-state index in [-0.39, 0.29) is 17.6 Å². The molecule has 1 heterocycles. The van der Waals surface area contributed by atoms with E-state index < -0.39 is 19.2 Å². The molecule has 0 aromatic heterocycles. The molecule has 0 spiro atoms. The first-order valence-corrected chi connectivity index (χ1v) is 12.6. The van der Waals surface area contributed by atoms with Gasteiger partial charge in [-0.15, -0.1) is 11.8 Å². The van der Waals surface area contributed by atoms with Gasteiger partial charge >= 0.3 is 6.09 Å². The highest BCUT2D eigenvalue weighted by Crippen LogP contribution is 2.45. The van der Waals surface area contributed by atoms with Gasteiger partial charge in [0.05, 0.1) is 6.54 Å². The van der Waals surface area contributed by atoms with Crippen molar-refractivity contribution in [2.75, 3.05) is 12.8 Å². The van der Waals surface area contributed by atoms with Crippen molar-refractivity contribution in [3.63, 3.8) is 0 Å². The van der Waals surface area contributed by atoms with Gasteiger partial charge in [-0.25, -0.2) is 4.79 Å². The topological polar surface area (TPSA) is 58.6 Å². The zero-order valence-corrected chi connectivity index (χ0v) is 17.7. The average Bonchev–Trinajstić information content (AvgIpc) is 2.55. The van der Waals surface area contributed by atoms with E-state index in [4.69, 9.17) is 4.74 Å². The van der Waals surface area contributed by atoms with Gasteiger partial charge in [0.2, 0.25) is 0 Å². The molecule has 1 saturated heterocycles. The van der Waals surface area contributed by atoms with Crippen molar-refractivity contribution in [1.82, 2.24) is 9.88 Å². The van der Waals surface area contributed by atoms with Crippen LogP contribution in [0.1, 0.15) is 26.3 Å². The maximum absolute atomic E-state index is 12.9. The fourth-order valence-electron chi connectivity index (χ4n) is 2.57. The SMILES string of the molecule is CSC1(NC(=O)OCc2ccccc2)CN([Si](C)(C)C(C)(C)C)C1=O. The Labute approximate surface area is 155 Å². The molecule has 1 aromatic carbocycles. The summed E-state index contributed by atoms with van der Waals surface area (Å²) in [5.41, 5.74) is 0.915. The number of carbonyl (C=O) groups excluding carboxylic acids is 2. The lowest BCUT2D eigenvalue weighted by Gasteiger charge is -2.57. The van der Waals surface area contributed by atoms with Crippen LogP contribution in [0.5, 0.6) is 0 Å². The second-order valence-corrected chi connectivity index (χ2v) is 14.2. The lowest BCUT2D eigenvalue weighted by Crippen LogP contribution is -2.79. The molecule has 2 rings (SSSR count). The lowest BCUT2D eigenvalue weighted by molar-refractivity contribution is -0.139. The van der Waals surface area contributed by atoms with Crippen LogP contribution in [0.15, 0.2) is 30.3 Å². The molecule has 1 aliphatic rings. The van der Waals surface area contributed by atoms with Crippen LogP contribution in [0.25, 0.3) is 0 Å². The summed E-state index contributed by atoms with van der Waals surface area (Å²) in [4.78, 5) is 24.2. The molecule has 1 fully saturated rings. The monoisotopic (exact) mass is 380 g/mol. The lowest BCUT2D eigenvalue weighted by atomic mass is 10.1. The van der Waals surface area contributed by atoms with Crippen molar-refractivity contribution in [3.05, 3.63) is 35.9 Å². The minimum absolute atomic E-state index is 0.0109. The van der Waals surface area contributed by atoms with Gasteiger partial charge in [-0.2, -0.15) is 0 Å². The van der Waals surface area contributed by atoms with Crippen molar-refractivity contribution >= 4 is 32.0 Å². The molecule has 1 N–H and O–H groups in total. The Morgan fingerprint density at radius 2 is 1.92 bits per heavy atom. The van der Waals surface area contributed by atoms with Gasteiger partial charge in [0.15, 0.2) is 13.1 Å². The van der Waals surface area contributed by atoms with Crippen LogP contribution in [0.3, 0.4) is 0 Å². The molecule has 1 atom stereocenters. The minimum Gasteiger partial charge on any atom is -0.445 e. The van der Waals surface area contributed by atoms with E-state index >= 15 is 0 Å². The van der Waals surface area contributed by atoms with E-state index in [0.29, 0.717) is 6.54 Å². The minimum atomic E-state index is -1.93. The molecule has 0 saturated carbocycles. The van der Waals surface area contributed by atoms with Crippen molar-refractivity contribution in [1.29, 1.82) is 0 Å². The highest BCUT2D eigenvalue weighted by Gasteiger charge is 2.60. The molecule has 1 unspecified atom stereocenters. The number of nitrogens with zero attached hydrogens (tertiary/aromatic N) is 1. The Bertz CT molecular complexity index is 645. The molecule has 7 heteroatoms. The number of β-lactam (4-membered cyclic amide) rings is 1. The van der Waals surface area contributed by atoms with Crippen molar-refractivity contribution in [2.24, 2.45) is 0 Å². The second-order valence-electron chi connectivity index (χ2n) is 7.92. The molecular weight excluding hydrogens is 352 g/mol. The molecule has 0 aliphatic carbocycles. The predicted octanol–water partition coefficient (Wildman–Crippen LogP) is 3.82. The van der Waals surface area contributed by atoms with Gasteiger partial charge in [-0.05, 0) is 16.9 Å². The van der Waals surface area contributed by atoms with Crippen LogP contribution in [-0.4, -0.2) is 42.5 Å². The average molecular weight is 381 g/mol. The van der Waals surface area contributed by atoms with E-state index in [0.717, 1.165) is 5.56 Å². The van der Waals surface area contributed by atoms with Crippen molar-refractivity contribution in [2.45, 2.75) is 50.4 Å². The van der Waals surface area contributed by atoms with Crippen LogP contribution < -0.4 is 5.32 Å². The maximum Gasteiger partial charge on any atom is 0.409 e. The number of nitrogens with one attached hydrogen (secondary N) is 1. The number of hydrogen-bond donors (Lipinski definition) is 1. The van der Waals surface area contributed by atoms with E-state index in [1.165, 1.54) is 11.8 Å². The number of carbonyl (C=O) groups is 2. The standard InChI is InChI=1S/C18H28N2O3SSi/c1-17(2,3)25(5,6)20-13-18(24-4,15(20)21)19-16(22)23-12-14-10-8-7-9-11-14/h7-11H,12-13H2,1-6H3,(H,19,22). The maximum atomic E-state index is 12.9. The normalized spacial score (nSPS) is 20.9. The quantitative estimate of drug-likeness (QED) is 0.479. The van der Waals surface area contributed by atoms with Gasteiger partial charge in [-0.3, -0.25) is 10.1 Å². The molecule has 2 amide bonds. The fraction of sp³-hybridized carbons (Fsp3) is 0.556. The van der Waals surface area contributed by atoms with E-state index in [9.17, 15) is 9.59 Å². The summed E-state index contributed by atoms with van der Waals surface area (Å²) in [6.45, 7) is 11.6. The number of amides is 2. The highest BCUT2D eigenvalue weighted by molar-refractivity contribution is 8.00. The third-order valence-electron chi connectivity index (χ3n) is 5.35. The fourth-order valence-corrected chi connectivity index (χ4v) is 5.63.